The average Bonchev–Trinajstić information content (AvgIpc) is 2.92. The molecule has 13 heteroatoms. The van der Waals surface area contributed by atoms with Gasteiger partial charge in [-0.05, 0) is 57.0 Å². The minimum absolute atomic E-state index is 0.109. The number of amides is 6. The van der Waals surface area contributed by atoms with Crippen LogP contribution in [0.4, 0.5) is 15.3 Å². The normalized spacial score (nSPS) is 11.2. The predicted octanol–water partition coefficient (Wildman–Crippen LogP) is 1.44. The number of urea groups is 1. The van der Waals surface area contributed by atoms with Gasteiger partial charge < -0.3 is 42.4 Å². The third-order valence-electron chi connectivity index (χ3n) is 4.93. The fourth-order valence-electron chi connectivity index (χ4n) is 3.02. The van der Waals surface area contributed by atoms with Crippen LogP contribution in [0.2, 0.25) is 0 Å². The smallest absolute Gasteiger partial charge is 0.407 e. The first kappa shape index (κ1) is 37.3. The van der Waals surface area contributed by atoms with E-state index in [1.807, 2.05) is 34.7 Å². The standard InChI is InChI=1S/C23H38N6O5.C2H6.CH3NO/c1-6-26-23(33)34-14-16-9-11-17(12-10-16)27-20(30)18(8-7-13-24-4)28-21(31)19(15(2)3)29-22(32)25-5;1-2;2-1-3/h9-12,15,18-19,24H,6-8,13-14H2,1-5H3,(H,26,33)(H,27,30)(H,28,31)(H2,25,29,32);1-2H3;1H,(H2,2,3). The number of hydrogen-bond acceptors (Lipinski definition) is 7. The van der Waals surface area contributed by atoms with Crippen LogP contribution in [0.3, 0.4) is 0 Å². The van der Waals surface area contributed by atoms with Crippen molar-refractivity contribution in [3.05, 3.63) is 29.8 Å². The van der Waals surface area contributed by atoms with Crippen molar-refractivity contribution < 1.29 is 28.7 Å². The molecule has 0 radical (unpaired) electrons. The number of rotatable bonds is 13. The Hall–Kier alpha value is -3.87. The number of alkyl carbamates (subject to hydrolysis) is 1. The maximum atomic E-state index is 13.0. The number of carbonyl (C=O) groups excluding carboxylic acids is 5. The molecule has 2 unspecified atom stereocenters. The number of primary amides is 1. The molecule has 1 rings (SSSR count). The summed E-state index contributed by atoms with van der Waals surface area (Å²) < 4.78 is 5.08. The zero-order valence-electron chi connectivity index (χ0n) is 24.2. The van der Waals surface area contributed by atoms with Gasteiger partial charge >= 0.3 is 12.1 Å². The van der Waals surface area contributed by atoms with Crippen molar-refractivity contribution in [2.75, 3.05) is 32.5 Å². The molecule has 0 spiro atoms. The van der Waals surface area contributed by atoms with Gasteiger partial charge in [-0.25, -0.2) is 9.59 Å². The van der Waals surface area contributed by atoms with Crippen molar-refractivity contribution in [3.8, 4) is 0 Å². The number of hydrogen-bond donors (Lipinski definition) is 7. The van der Waals surface area contributed by atoms with E-state index in [0.29, 0.717) is 31.6 Å². The molecule has 1 aromatic carbocycles. The highest BCUT2D eigenvalue weighted by molar-refractivity contribution is 5.98. The van der Waals surface area contributed by atoms with E-state index in [-0.39, 0.29) is 24.8 Å². The van der Waals surface area contributed by atoms with E-state index < -0.39 is 30.1 Å². The number of carbonyl (C=O) groups is 5. The number of nitrogens with two attached hydrogens (primary N) is 1. The maximum absolute atomic E-state index is 13.0. The Kier molecular flexibility index (Phi) is 22.2. The summed E-state index contributed by atoms with van der Waals surface area (Å²) in [5.74, 6) is -0.966. The monoisotopic (exact) mass is 553 g/mol. The number of benzene rings is 1. The second-order valence-corrected chi connectivity index (χ2v) is 8.18. The van der Waals surface area contributed by atoms with E-state index >= 15 is 0 Å². The molecule has 0 bridgehead atoms. The molecule has 39 heavy (non-hydrogen) atoms. The topological polar surface area (TPSA) is 193 Å². The van der Waals surface area contributed by atoms with Gasteiger partial charge in [0.2, 0.25) is 18.2 Å². The van der Waals surface area contributed by atoms with Gasteiger partial charge in [0.15, 0.2) is 0 Å². The third-order valence-corrected chi connectivity index (χ3v) is 4.93. The first-order chi connectivity index (χ1) is 18.6. The summed E-state index contributed by atoms with van der Waals surface area (Å²) in [6, 6.07) is 4.84. The van der Waals surface area contributed by atoms with Crippen LogP contribution in [0.5, 0.6) is 0 Å². The van der Waals surface area contributed by atoms with Crippen molar-refractivity contribution in [1.82, 2.24) is 26.6 Å². The Balaban J connectivity index is 0. The first-order valence-corrected chi connectivity index (χ1v) is 13.0. The Bertz CT molecular complexity index is 850. The molecule has 0 aliphatic heterocycles. The van der Waals surface area contributed by atoms with Crippen LogP contribution in [-0.4, -0.2) is 69.6 Å². The van der Waals surface area contributed by atoms with Crippen molar-refractivity contribution in [2.45, 2.75) is 66.2 Å². The van der Waals surface area contributed by atoms with Gasteiger partial charge in [0, 0.05) is 19.3 Å². The summed E-state index contributed by atoms with van der Waals surface area (Å²) in [4.78, 5) is 57.5. The van der Waals surface area contributed by atoms with Crippen LogP contribution in [0, 0.1) is 5.92 Å². The molecule has 6 amide bonds. The molecule has 0 heterocycles. The molecule has 0 saturated carbocycles. The molecular formula is C26H47N7O6. The second-order valence-electron chi connectivity index (χ2n) is 8.18. The van der Waals surface area contributed by atoms with Gasteiger partial charge in [-0.3, -0.25) is 14.4 Å². The lowest BCUT2D eigenvalue weighted by atomic mass is 10.0. The van der Waals surface area contributed by atoms with Gasteiger partial charge in [-0.2, -0.15) is 0 Å². The van der Waals surface area contributed by atoms with Gasteiger partial charge in [-0.1, -0.05) is 39.8 Å². The minimum Gasteiger partial charge on any atom is -0.445 e. The SMILES string of the molecule is CC.CCNC(=O)OCc1ccc(NC(=O)C(CCCNC)NC(=O)C(NC(=O)NC)C(C)C)cc1.NC=O. The van der Waals surface area contributed by atoms with Crippen LogP contribution in [0.25, 0.3) is 0 Å². The minimum atomic E-state index is -0.788. The first-order valence-electron chi connectivity index (χ1n) is 13.0. The molecule has 0 aliphatic rings. The van der Waals surface area contributed by atoms with Crippen molar-refractivity contribution in [2.24, 2.45) is 11.7 Å². The lowest BCUT2D eigenvalue weighted by Crippen LogP contribution is -2.55. The second kappa shape index (κ2) is 23.3. The van der Waals surface area contributed by atoms with Crippen LogP contribution < -0.4 is 37.6 Å². The van der Waals surface area contributed by atoms with Crippen LogP contribution >= 0.6 is 0 Å². The summed E-state index contributed by atoms with van der Waals surface area (Å²) >= 11 is 0. The van der Waals surface area contributed by atoms with Gasteiger partial charge in [0.1, 0.15) is 18.7 Å². The number of anilines is 1. The molecule has 0 aliphatic carbocycles. The predicted molar refractivity (Wildman–Crippen MR) is 152 cm³/mol. The fraction of sp³-hybridized carbons (Fsp3) is 0.577. The number of nitrogens with one attached hydrogen (secondary N) is 6. The molecule has 0 aromatic heterocycles. The van der Waals surface area contributed by atoms with E-state index in [0.717, 1.165) is 5.56 Å². The number of ether oxygens (including phenoxy) is 1. The van der Waals surface area contributed by atoms with Crippen molar-refractivity contribution in [1.29, 1.82) is 0 Å². The van der Waals surface area contributed by atoms with E-state index in [4.69, 9.17) is 9.53 Å². The zero-order chi connectivity index (χ0) is 30.2. The van der Waals surface area contributed by atoms with Crippen LogP contribution in [-0.2, 0) is 25.7 Å². The molecule has 2 atom stereocenters. The van der Waals surface area contributed by atoms with Crippen LogP contribution in [0.15, 0.2) is 24.3 Å². The molecule has 1 aromatic rings. The molecule has 8 N–H and O–H groups in total. The summed E-state index contributed by atoms with van der Waals surface area (Å²) in [5, 5.41) is 16.2. The lowest BCUT2D eigenvalue weighted by Gasteiger charge is -2.25. The highest BCUT2D eigenvalue weighted by Gasteiger charge is 2.28. The highest BCUT2D eigenvalue weighted by atomic mass is 16.5. The fourth-order valence-corrected chi connectivity index (χ4v) is 3.02. The van der Waals surface area contributed by atoms with Crippen LogP contribution in [0.1, 0.15) is 53.0 Å². The average molecular weight is 554 g/mol. The molecule has 0 saturated heterocycles. The highest BCUT2D eigenvalue weighted by Crippen LogP contribution is 2.12. The van der Waals surface area contributed by atoms with E-state index in [1.165, 1.54) is 7.05 Å². The Morgan fingerprint density at radius 1 is 1.00 bits per heavy atom. The van der Waals surface area contributed by atoms with Gasteiger partial charge in [0.05, 0.1) is 0 Å². The van der Waals surface area contributed by atoms with E-state index in [9.17, 15) is 19.2 Å². The summed E-state index contributed by atoms with van der Waals surface area (Å²) in [7, 11) is 3.28. The third kappa shape index (κ3) is 17.3. The summed E-state index contributed by atoms with van der Waals surface area (Å²) in [6.07, 6.45) is 0.840. The quantitative estimate of drug-likeness (QED) is 0.142. The lowest BCUT2D eigenvalue weighted by molar-refractivity contribution is -0.128. The van der Waals surface area contributed by atoms with Gasteiger partial charge in [0.25, 0.3) is 0 Å². The Labute approximate surface area is 231 Å². The maximum Gasteiger partial charge on any atom is 0.407 e. The summed E-state index contributed by atoms with van der Waals surface area (Å²) in [5.41, 5.74) is 5.48. The molecule has 222 valence electrons. The molecule has 13 nitrogen and oxygen atoms in total. The zero-order valence-corrected chi connectivity index (χ0v) is 24.2. The van der Waals surface area contributed by atoms with E-state index in [1.54, 1.807) is 31.2 Å². The van der Waals surface area contributed by atoms with Crippen molar-refractivity contribution in [3.63, 3.8) is 0 Å². The van der Waals surface area contributed by atoms with Gasteiger partial charge in [-0.15, -0.1) is 0 Å². The Morgan fingerprint density at radius 2 is 1.59 bits per heavy atom. The summed E-state index contributed by atoms with van der Waals surface area (Å²) in [6.45, 7) is 10.7. The largest absolute Gasteiger partial charge is 0.445 e. The molecular weight excluding hydrogens is 506 g/mol. The van der Waals surface area contributed by atoms with E-state index in [2.05, 4.69) is 37.6 Å². The van der Waals surface area contributed by atoms with Crippen molar-refractivity contribution >= 4 is 36.0 Å². The Morgan fingerprint density at radius 3 is 2.08 bits per heavy atom. The molecule has 0 fully saturated rings.